The highest BCUT2D eigenvalue weighted by molar-refractivity contribution is 8.00. The van der Waals surface area contributed by atoms with Crippen LogP contribution in [0.2, 0.25) is 0 Å². The van der Waals surface area contributed by atoms with E-state index in [1.165, 1.54) is 11.8 Å². The van der Waals surface area contributed by atoms with Crippen LogP contribution in [0.15, 0.2) is 60.0 Å². The van der Waals surface area contributed by atoms with Gasteiger partial charge in [0.1, 0.15) is 11.6 Å². The lowest BCUT2D eigenvalue weighted by atomic mass is 10.1. The lowest BCUT2D eigenvalue weighted by molar-refractivity contribution is -0.115. The maximum absolute atomic E-state index is 13.0. The number of benzene rings is 2. The van der Waals surface area contributed by atoms with Gasteiger partial charge in [0.2, 0.25) is 5.91 Å². The van der Waals surface area contributed by atoms with Gasteiger partial charge in [0.05, 0.1) is 0 Å². The molecular weight excluding hydrogens is 332 g/mol. The van der Waals surface area contributed by atoms with Crippen molar-refractivity contribution in [1.29, 1.82) is 0 Å². The molecule has 128 valence electrons. The molecule has 1 amide bonds. The van der Waals surface area contributed by atoms with Crippen LogP contribution in [-0.2, 0) is 11.8 Å². The number of aromatic nitrogens is 3. The first-order chi connectivity index (χ1) is 12.0. The predicted molar refractivity (Wildman–Crippen MR) is 101 cm³/mol. The predicted octanol–water partition coefficient (Wildman–Crippen LogP) is 3.90. The van der Waals surface area contributed by atoms with Crippen molar-refractivity contribution in [3.63, 3.8) is 0 Å². The Balaban J connectivity index is 1.88. The summed E-state index contributed by atoms with van der Waals surface area (Å²) in [5.41, 5.74) is 3.97. The van der Waals surface area contributed by atoms with E-state index in [9.17, 15) is 4.79 Å². The first-order valence-electron chi connectivity index (χ1n) is 7.97. The van der Waals surface area contributed by atoms with E-state index in [-0.39, 0.29) is 5.91 Å². The minimum atomic E-state index is -0.412. The highest BCUT2D eigenvalue weighted by Gasteiger charge is 2.24. The summed E-state index contributed by atoms with van der Waals surface area (Å²) in [6, 6.07) is 15.7. The molecular formula is C19H20N4OS. The molecule has 5 nitrogen and oxygen atoms in total. The number of hydrogen-bond acceptors (Lipinski definition) is 4. The van der Waals surface area contributed by atoms with Gasteiger partial charge >= 0.3 is 0 Å². The molecule has 0 unspecified atom stereocenters. The second-order valence-corrected chi connectivity index (χ2v) is 7.07. The van der Waals surface area contributed by atoms with E-state index in [0.29, 0.717) is 5.16 Å². The van der Waals surface area contributed by atoms with Crippen molar-refractivity contribution >= 4 is 23.4 Å². The first kappa shape index (κ1) is 17.2. The molecule has 2 aromatic carbocycles. The van der Waals surface area contributed by atoms with E-state index in [1.54, 1.807) is 6.33 Å². The van der Waals surface area contributed by atoms with Gasteiger partial charge in [0, 0.05) is 12.7 Å². The molecule has 0 saturated carbocycles. The summed E-state index contributed by atoms with van der Waals surface area (Å²) in [5, 5.41) is 11.3. The van der Waals surface area contributed by atoms with Crippen molar-refractivity contribution in [3.8, 4) is 0 Å². The van der Waals surface area contributed by atoms with Gasteiger partial charge in [-0.2, -0.15) is 0 Å². The van der Waals surface area contributed by atoms with Crippen LogP contribution in [0.4, 0.5) is 5.69 Å². The summed E-state index contributed by atoms with van der Waals surface area (Å²) in [6.45, 7) is 4.04. The van der Waals surface area contributed by atoms with Gasteiger partial charge in [-0.05, 0) is 42.7 Å². The Morgan fingerprint density at radius 1 is 1.12 bits per heavy atom. The number of aryl methyl sites for hydroxylation is 3. The van der Waals surface area contributed by atoms with Crippen molar-refractivity contribution in [3.05, 3.63) is 71.5 Å². The minimum absolute atomic E-state index is 0.0794. The standard InChI is InChI=1S/C19H20N4OS/c1-13-9-14(2)11-16(10-13)21-18(24)17(15-7-5-4-6-8-15)25-19-22-20-12-23(19)3/h4-12,17H,1-3H3,(H,21,24)/t17-/m0/s1. The number of nitrogens with one attached hydrogen (secondary N) is 1. The van der Waals surface area contributed by atoms with E-state index in [1.807, 2.05) is 67.9 Å². The molecule has 25 heavy (non-hydrogen) atoms. The van der Waals surface area contributed by atoms with Gasteiger partial charge in [-0.1, -0.05) is 48.2 Å². The van der Waals surface area contributed by atoms with Crippen LogP contribution in [-0.4, -0.2) is 20.7 Å². The van der Waals surface area contributed by atoms with Crippen LogP contribution in [0.1, 0.15) is 21.9 Å². The molecule has 0 spiro atoms. The Labute approximate surface area is 151 Å². The number of rotatable bonds is 5. The Morgan fingerprint density at radius 3 is 2.40 bits per heavy atom. The lowest BCUT2D eigenvalue weighted by Crippen LogP contribution is -2.19. The number of carbonyl (C=O) groups excluding carboxylic acids is 1. The monoisotopic (exact) mass is 352 g/mol. The Bertz CT molecular complexity index is 856. The first-order valence-corrected chi connectivity index (χ1v) is 8.85. The largest absolute Gasteiger partial charge is 0.325 e. The highest BCUT2D eigenvalue weighted by Crippen LogP contribution is 2.35. The highest BCUT2D eigenvalue weighted by atomic mass is 32.2. The molecule has 0 aliphatic rings. The van der Waals surface area contributed by atoms with Crippen molar-refractivity contribution in [2.75, 3.05) is 5.32 Å². The molecule has 0 aliphatic heterocycles. The Morgan fingerprint density at radius 2 is 1.80 bits per heavy atom. The van der Waals surface area contributed by atoms with Crippen LogP contribution in [0.25, 0.3) is 0 Å². The molecule has 0 fully saturated rings. The average Bonchev–Trinajstić information content (AvgIpc) is 2.97. The third kappa shape index (κ3) is 4.28. The van der Waals surface area contributed by atoms with E-state index in [4.69, 9.17) is 0 Å². The zero-order valence-electron chi connectivity index (χ0n) is 14.4. The second-order valence-electron chi connectivity index (χ2n) is 6.00. The second kappa shape index (κ2) is 7.53. The van der Waals surface area contributed by atoms with Gasteiger partial charge in [-0.3, -0.25) is 4.79 Å². The molecule has 6 heteroatoms. The molecule has 3 aromatic rings. The van der Waals surface area contributed by atoms with Gasteiger partial charge in [-0.25, -0.2) is 0 Å². The maximum atomic E-state index is 13.0. The Hall–Kier alpha value is -2.60. The SMILES string of the molecule is Cc1cc(C)cc(NC(=O)[C@@H](Sc2nncn2C)c2ccccc2)c1. The zero-order valence-corrected chi connectivity index (χ0v) is 15.2. The molecule has 0 saturated heterocycles. The number of thioether (sulfide) groups is 1. The summed E-state index contributed by atoms with van der Waals surface area (Å²) >= 11 is 1.39. The van der Waals surface area contributed by atoms with Gasteiger partial charge in [0.15, 0.2) is 5.16 Å². The zero-order chi connectivity index (χ0) is 17.8. The summed E-state index contributed by atoms with van der Waals surface area (Å²) in [5.74, 6) is -0.0794. The molecule has 1 heterocycles. The summed E-state index contributed by atoms with van der Waals surface area (Å²) in [6.07, 6.45) is 1.63. The normalized spacial score (nSPS) is 12.0. The topological polar surface area (TPSA) is 59.8 Å². The smallest absolute Gasteiger partial charge is 0.242 e. The number of hydrogen-bond donors (Lipinski definition) is 1. The van der Waals surface area contributed by atoms with E-state index in [0.717, 1.165) is 22.4 Å². The molecule has 1 aromatic heterocycles. The molecule has 1 N–H and O–H groups in total. The molecule has 0 radical (unpaired) electrons. The van der Waals surface area contributed by atoms with Crippen LogP contribution in [0.3, 0.4) is 0 Å². The number of anilines is 1. The Kier molecular flexibility index (Phi) is 5.19. The average molecular weight is 352 g/mol. The van der Waals surface area contributed by atoms with Crippen LogP contribution >= 0.6 is 11.8 Å². The van der Waals surface area contributed by atoms with Crippen LogP contribution in [0, 0.1) is 13.8 Å². The fraction of sp³-hybridized carbons (Fsp3) is 0.211. The number of amides is 1. The van der Waals surface area contributed by atoms with Crippen LogP contribution < -0.4 is 5.32 Å². The molecule has 0 aliphatic carbocycles. The molecule has 0 bridgehead atoms. The number of nitrogens with zero attached hydrogens (tertiary/aromatic N) is 3. The summed E-state index contributed by atoms with van der Waals surface area (Å²) in [7, 11) is 1.87. The van der Waals surface area contributed by atoms with E-state index >= 15 is 0 Å². The van der Waals surface area contributed by atoms with Crippen molar-refractivity contribution in [1.82, 2.24) is 14.8 Å². The third-order valence-electron chi connectivity index (χ3n) is 3.72. The van der Waals surface area contributed by atoms with Gasteiger partial charge in [-0.15, -0.1) is 10.2 Å². The maximum Gasteiger partial charge on any atom is 0.242 e. The summed E-state index contributed by atoms with van der Waals surface area (Å²) < 4.78 is 1.81. The molecule has 1 atom stereocenters. The fourth-order valence-electron chi connectivity index (χ4n) is 2.64. The van der Waals surface area contributed by atoms with E-state index in [2.05, 4.69) is 21.6 Å². The van der Waals surface area contributed by atoms with Crippen molar-refractivity contribution < 1.29 is 4.79 Å². The number of carbonyl (C=O) groups is 1. The van der Waals surface area contributed by atoms with Crippen LogP contribution in [0.5, 0.6) is 0 Å². The lowest BCUT2D eigenvalue weighted by Gasteiger charge is -2.17. The van der Waals surface area contributed by atoms with E-state index < -0.39 is 5.25 Å². The summed E-state index contributed by atoms with van der Waals surface area (Å²) in [4.78, 5) is 13.0. The van der Waals surface area contributed by atoms with Crippen molar-refractivity contribution in [2.24, 2.45) is 7.05 Å². The quantitative estimate of drug-likeness (QED) is 0.708. The van der Waals surface area contributed by atoms with Gasteiger partial charge < -0.3 is 9.88 Å². The third-order valence-corrected chi connectivity index (χ3v) is 5.03. The van der Waals surface area contributed by atoms with Crippen molar-refractivity contribution in [2.45, 2.75) is 24.3 Å². The fourth-order valence-corrected chi connectivity index (χ4v) is 3.62. The van der Waals surface area contributed by atoms with Gasteiger partial charge in [0.25, 0.3) is 0 Å². The molecule has 3 rings (SSSR count). The minimum Gasteiger partial charge on any atom is -0.325 e.